The average molecular weight is 547 g/mol. The summed E-state index contributed by atoms with van der Waals surface area (Å²) in [6.07, 6.45) is 5.62. The van der Waals surface area contributed by atoms with Crippen molar-refractivity contribution >= 4 is 24.1 Å². The molecular weight excluding hydrogens is 510 g/mol. The Kier molecular flexibility index (Phi) is 11.5. The van der Waals surface area contributed by atoms with E-state index in [1.165, 1.54) is 52.7 Å². The Balaban J connectivity index is 1.79. The minimum Gasteiger partial charge on any atom is -0.502 e. The Morgan fingerprint density at radius 2 is 0.974 bits per heavy atom. The van der Waals surface area contributed by atoms with E-state index < -0.39 is 11.9 Å². The van der Waals surface area contributed by atoms with E-state index in [2.05, 4.69) is 0 Å². The number of likely N-dealkylation sites (N-methyl/N-ethyl adjacent to an activating group) is 1. The third-order valence-corrected chi connectivity index (χ3v) is 5.71. The fourth-order valence-electron chi connectivity index (χ4n) is 3.34. The van der Waals surface area contributed by atoms with Crippen molar-refractivity contribution in [3.8, 4) is 34.5 Å². The standard InChI is InChI=1S/C28H35NO10/c1-29(2,11-13-38-25(30)9-7-19-15-21(34-3)27(32)22(16-19)35-4)12-14-39-26(31)10-8-20-17-23(36-5)28(33)24(18-20)37-6/h7-10,15-18H,11-14H2,1-6H3,(H-,30,31,32,33)/p+1. The molecule has 0 saturated heterocycles. The Labute approximate surface area is 228 Å². The molecule has 2 N–H and O–H groups in total. The van der Waals surface area contributed by atoms with Crippen LogP contribution in [0.15, 0.2) is 36.4 Å². The van der Waals surface area contributed by atoms with Gasteiger partial charge in [0.15, 0.2) is 23.0 Å². The van der Waals surface area contributed by atoms with Gasteiger partial charge in [-0.3, -0.25) is 0 Å². The monoisotopic (exact) mass is 546 g/mol. The molecule has 0 amide bonds. The predicted molar refractivity (Wildman–Crippen MR) is 144 cm³/mol. The minimum atomic E-state index is -0.528. The van der Waals surface area contributed by atoms with Crippen LogP contribution in [0.5, 0.6) is 34.5 Å². The van der Waals surface area contributed by atoms with Crippen LogP contribution in [0.1, 0.15) is 11.1 Å². The number of methoxy groups -OCH3 is 4. The first kappa shape index (κ1) is 30.8. The van der Waals surface area contributed by atoms with E-state index in [-0.39, 0.29) is 47.7 Å². The van der Waals surface area contributed by atoms with Crippen LogP contribution < -0.4 is 18.9 Å². The summed E-state index contributed by atoms with van der Waals surface area (Å²) in [4.78, 5) is 24.3. The molecule has 11 heteroatoms. The van der Waals surface area contributed by atoms with Crippen LogP contribution in [0.25, 0.3) is 12.2 Å². The first-order valence-corrected chi connectivity index (χ1v) is 11.9. The van der Waals surface area contributed by atoms with Crippen LogP contribution in [-0.4, -0.2) is 95.5 Å². The summed E-state index contributed by atoms with van der Waals surface area (Å²) in [7, 11) is 9.53. The molecular formula is C28H36NO10+. The lowest BCUT2D eigenvalue weighted by Crippen LogP contribution is -2.45. The number of phenols is 2. The van der Waals surface area contributed by atoms with Gasteiger partial charge in [-0.2, -0.15) is 0 Å². The van der Waals surface area contributed by atoms with Crippen LogP contribution >= 0.6 is 0 Å². The summed E-state index contributed by atoms with van der Waals surface area (Å²) in [6.45, 7) is 1.33. The van der Waals surface area contributed by atoms with Gasteiger partial charge < -0.3 is 43.1 Å². The van der Waals surface area contributed by atoms with E-state index in [0.29, 0.717) is 28.7 Å². The van der Waals surface area contributed by atoms with Crippen LogP contribution in [0.2, 0.25) is 0 Å². The quantitative estimate of drug-likeness (QED) is 0.207. The lowest BCUT2D eigenvalue weighted by Gasteiger charge is -2.29. The van der Waals surface area contributed by atoms with Crippen molar-refractivity contribution < 1.29 is 52.7 Å². The molecule has 0 radical (unpaired) electrons. The summed E-state index contributed by atoms with van der Waals surface area (Å²) in [6, 6.07) is 6.26. The Hall–Kier alpha value is -4.38. The molecule has 0 aliphatic carbocycles. The number of aromatic hydroxyl groups is 2. The Bertz CT molecular complexity index is 1060. The fourth-order valence-corrected chi connectivity index (χ4v) is 3.34. The zero-order valence-corrected chi connectivity index (χ0v) is 23.1. The molecule has 0 aliphatic heterocycles. The highest BCUT2D eigenvalue weighted by Crippen LogP contribution is 2.38. The maximum Gasteiger partial charge on any atom is 0.330 e. The van der Waals surface area contributed by atoms with Crippen LogP contribution in [0.4, 0.5) is 0 Å². The Morgan fingerprint density at radius 3 is 1.26 bits per heavy atom. The van der Waals surface area contributed by atoms with Crippen LogP contribution in [0, 0.1) is 0 Å². The molecule has 2 aromatic rings. The number of hydrogen-bond acceptors (Lipinski definition) is 10. The second kappa shape index (κ2) is 14.5. The highest BCUT2D eigenvalue weighted by molar-refractivity contribution is 5.88. The molecule has 2 aromatic carbocycles. The molecule has 0 fully saturated rings. The summed E-state index contributed by atoms with van der Waals surface area (Å²) < 4.78 is 31.4. The van der Waals surface area contributed by atoms with Gasteiger partial charge >= 0.3 is 11.9 Å². The molecule has 0 bridgehead atoms. The van der Waals surface area contributed by atoms with Crippen molar-refractivity contribution in [1.29, 1.82) is 0 Å². The van der Waals surface area contributed by atoms with Crippen LogP contribution in [0.3, 0.4) is 0 Å². The van der Waals surface area contributed by atoms with Gasteiger partial charge in [0.1, 0.15) is 26.3 Å². The van der Waals surface area contributed by atoms with Gasteiger partial charge in [-0.1, -0.05) is 0 Å². The number of carbonyl (C=O) groups is 2. The van der Waals surface area contributed by atoms with Crippen molar-refractivity contribution in [2.45, 2.75) is 0 Å². The number of rotatable bonds is 14. The average Bonchev–Trinajstić information content (AvgIpc) is 2.91. The summed E-state index contributed by atoms with van der Waals surface area (Å²) >= 11 is 0. The number of phenolic OH excluding ortho intramolecular Hbond substituents is 2. The normalized spacial score (nSPS) is 11.4. The third-order valence-electron chi connectivity index (χ3n) is 5.71. The van der Waals surface area contributed by atoms with Crippen LogP contribution in [-0.2, 0) is 19.1 Å². The SMILES string of the molecule is COc1cc(/C=C/C(=O)OCC[N+](C)(C)CCOC(=O)/C=C/c2cc(OC)c(O)c(OC)c2)cc(OC)c1O. The number of nitrogens with zero attached hydrogens (tertiary/aromatic N) is 1. The van der Waals surface area contributed by atoms with Crippen molar-refractivity contribution in [2.75, 3.05) is 68.8 Å². The molecule has 0 atom stereocenters. The fraction of sp³-hybridized carbons (Fsp3) is 0.357. The molecule has 0 aliphatic rings. The van der Waals surface area contributed by atoms with E-state index in [4.69, 9.17) is 28.4 Å². The summed E-state index contributed by atoms with van der Waals surface area (Å²) in [5, 5.41) is 20.0. The number of ether oxygens (including phenoxy) is 6. The molecule has 0 saturated carbocycles. The molecule has 0 unspecified atom stereocenters. The number of esters is 2. The number of carbonyl (C=O) groups excluding carboxylic acids is 2. The van der Waals surface area contributed by atoms with Gasteiger partial charge in [-0.25, -0.2) is 9.59 Å². The number of hydrogen-bond donors (Lipinski definition) is 2. The van der Waals surface area contributed by atoms with E-state index in [0.717, 1.165) is 0 Å². The zero-order valence-electron chi connectivity index (χ0n) is 23.1. The number of quaternary nitrogens is 1. The summed E-state index contributed by atoms with van der Waals surface area (Å²) in [5.74, 6) is -0.422. The smallest absolute Gasteiger partial charge is 0.330 e. The van der Waals surface area contributed by atoms with E-state index in [1.54, 1.807) is 24.3 Å². The lowest BCUT2D eigenvalue weighted by molar-refractivity contribution is -0.890. The molecule has 0 heterocycles. The first-order valence-electron chi connectivity index (χ1n) is 11.9. The molecule has 212 valence electrons. The number of benzene rings is 2. The van der Waals surface area contributed by atoms with Crippen molar-refractivity contribution in [3.05, 3.63) is 47.5 Å². The van der Waals surface area contributed by atoms with E-state index in [9.17, 15) is 19.8 Å². The maximum absolute atomic E-state index is 12.1. The van der Waals surface area contributed by atoms with Gasteiger partial charge in [-0.05, 0) is 47.5 Å². The van der Waals surface area contributed by atoms with Crippen molar-refractivity contribution in [2.24, 2.45) is 0 Å². The topological polar surface area (TPSA) is 130 Å². The highest BCUT2D eigenvalue weighted by atomic mass is 16.5. The van der Waals surface area contributed by atoms with Gasteiger partial charge in [0.05, 0.1) is 42.5 Å². The second-order valence-electron chi connectivity index (χ2n) is 8.93. The van der Waals surface area contributed by atoms with E-state index >= 15 is 0 Å². The van der Waals surface area contributed by atoms with Crippen molar-refractivity contribution in [3.63, 3.8) is 0 Å². The Morgan fingerprint density at radius 1 is 0.667 bits per heavy atom. The third kappa shape index (κ3) is 9.46. The first-order chi connectivity index (χ1) is 18.5. The highest BCUT2D eigenvalue weighted by Gasteiger charge is 2.17. The predicted octanol–water partition coefficient (Wildman–Crippen LogP) is 3.02. The maximum atomic E-state index is 12.1. The molecule has 0 spiro atoms. The zero-order chi connectivity index (χ0) is 29.0. The molecule has 0 aromatic heterocycles. The van der Waals surface area contributed by atoms with Gasteiger partial charge in [0, 0.05) is 12.2 Å². The molecule has 39 heavy (non-hydrogen) atoms. The molecule has 2 rings (SSSR count). The second-order valence-corrected chi connectivity index (χ2v) is 8.93. The minimum absolute atomic E-state index is 0.125. The lowest BCUT2D eigenvalue weighted by atomic mass is 10.1. The largest absolute Gasteiger partial charge is 0.502 e. The van der Waals surface area contributed by atoms with E-state index in [1.807, 2.05) is 14.1 Å². The van der Waals surface area contributed by atoms with Gasteiger partial charge in [0.25, 0.3) is 0 Å². The van der Waals surface area contributed by atoms with Gasteiger partial charge in [-0.15, -0.1) is 0 Å². The van der Waals surface area contributed by atoms with Crippen molar-refractivity contribution in [1.82, 2.24) is 0 Å². The summed E-state index contributed by atoms with van der Waals surface area (Å²) in [5.41, 5.74) is 1.18. The van der Waals surface area contributed by atoms with Gasteiger partial charge in [0.2, 0.25) is 11.5 Å². The molecule has 11 nitrogen and oxygen atoms in total.